The first kappa shape index (κ1) is 25.9. The molecular formula is C20H22F5N7O3. The number of hydrogen-bond donors (Lipinski definition) is 3. The molecule has 4 heterocycles. The number of halogens is 5. The summed E-state index contributed by atoms with van der Waals surface area (Å²) in [5.41, 5.74) is 0.561. The number of fused-ring (bicyclic) bond motifs is 1. The summed E-state index contributed by atoms with van der Waals surface area (Å²) in [5, 5.41) is 21.3. The number of hydrogen-bond acceptors (Lipinski definition) is 6. The number of carbonyl (C=O) groups is 2. The molecule has 3 aromatic heterocycles. The SMILES string of the molecule is Cn1cc(NC(=O)c2ccc3ccc(N4CCCNCC4)nn23)c(C(F)F)n1.O=C(O)C(F)(F)F. The molecule has 10 nitrogen and oxygen atoms in total. The number of aromatic nitrogens is 4. The van der Waals surface area contributed by atoms with Crippen LogP contribution in [0.25, 0.3) is 5.52 Å². The summed E-state index contributed by atoms with van der Waals surface area (Å²) in [7, 11) is 1.53. The van der Waals surface area contributed by atoms with Gasteiger partial charge >= 0.3 is 12.1 Å². The van der Waals surface area contributed by atoms with Crippen molar-refractivity contribution < 1.29 is 36.6 Å². The van der Waals surface area contributed by atoms with E-state index in [-0.39, 0.29) is 11.4 Å². The molecule has 4 rings (SSSR count). The number of alkyl halides is 5. The van der Waals surface area contributed by atoms with Gasteiger partial charge in [-0.15, -0.1) is 5.10 Å². The van der Waals surface area contributed by atoms with Crippen LogP contribution < -0.4 is 15.5 Å². The zero-order valence-corrected chi connectivity index (χ0v) is 18.4. The van der Waals surface area contributed by atoms with Gasteiger partial charge < -0.3 is 20.6 Å². The summed E-state index contributed by atoms with van der Waals surface area (Å²) < 4.78 is 60.8. The highest BCUT2D eigenvalue weighted by atomic mass is 19.4. The van der Waals surface area contributed by atoms with E-state index in [2.05, 4.69) is 25.7 Å². The summed E-state index contributed by atoms with van der Waals surface area (Å²) in [4.78, 5) is 23.8. The zero-order chi connectivity index (χ0) is 25.8. The molecule has 0 aliphatic carbocycles. The predicted molar refractivity (Wildman–Crippen MR) is 115 cm³/mol. The van der Waals surface area contributed by atoms with Crippen LogP contribution in [0.2, 0.25) is 0 Å². The van der Waals surface area contributed by atoms with E-state index < -0.39 is 30.2 Å². The van der Waals surface area contributed by atoms with Crippen molar-refractivity contribution in [1.82, 2.24) is 24.7 Å². The van der Waals surface area contributed by atoms with Crippen LogP contribution >= 0.6 is 0 Å². The average Bonchev–Trinajstić information content (AvgIpc) is 3.25. The molecule has 1 aliphatic rings. The maximum Gasteiger partial charge on any atom is 0.490 e. The van der Waals surface area contributed by atoms with E-state index in [1.807, 2.05) is 12.1 Å². The smallest absolute Gasteiger partial charge is 0.475 e. The lowest BCUT2D eigenvalue weighted by Crippen LogP contribution is -2.29. The van der Waals surface area contributed by atoms with Crippen molar-refractivity contribution in [3.8, 4) is 0 Å². The van der Waals surface area contributed by atoms with E-state index in [0.29, 0.717) is 0 Å². The summed E-state index contributed by atoms with van der Waals surface area (Å²) in [5.74, 6) is -2.50. The van der Waals surface area contributed by atoms with Gasteiger partial charge in [0.2, 0.25) is 0 Å². The third-order valence-corrected chi connectivity index (χ3v) is 4.94. The lowest BCUT2D eigenvalue weighted by atomic mass is 10.3. The van der Waals surface area contributed by atoms with Gasteiger partial charge in [0.1, 0.15) is 11.5 Å². The lowest BCUT2D eigenvalue weighted by molar-refractivity contribution is -0.192. The molecule has 0 atom stereocenters. The van der Waals surface area contributed by atoms with Crippen LogP contribution in [0.5, 0.6) is 0 Å². The maximum absolute atomic E-state index is 13.1. The van der Waals surface area contributed by atoms with Crippen LogP contribution in [0.4, 0.5) is 33.5 Å². The molecule has 0 radical (unpaired) electrons. The van der Waals surface area contributed by atoms with Gasteiger partial charge in [-0.25, -0.2) is 18.1 Å². The van der Waals surface area contributed by atoms with Crippen molar-refractivity contribution in [2.45, 2.75) is 19.0 Å². The minimum absolute atomic E-state index is 0.00722. The quantitative estimate of drug-likeness (QED) is 0.469. The molecule has 0 unspecified atom stereocenters. The molecule has 190 valence electrons. The molecule has 1 amide bonds. The van der Waals surface area contributed by atoms with Crippen molar-refractivity contribution in [2.24, 2.45) is 7.05 Å². The zero-order valence-electron chi connectivity index (χ0n) is 18.4. The Balaban J connectivity index is 0.000000429. The van der Waals surface area contributed by atoms with E-state index in [1.165, 1.54) is 17.9 Å². The van der Waals surface area contributed by atoms with Crippen molar-refractivity contribution in [1.29, 1.82) is 0 Å². The van der Waals surface area contributed by atoms with Crippen molar-refractivity contribution in [3.63, 3.8) is 0 Å². The highest BCUT2D eigenvalue weighted by molar-refractivity contribution is 6.04. The highest BCUT2D eigenvalue weighted by Gasteiger charge is 2.38. The van der Waals surface area contributed by atoms with Crippen LogP contribution in [-0.2, 0) is 11.8 Å². The van der Waals surface area contributed by atoms with Gasteiger partial charge in [-0.05, 0) is 37.2 Å². The second-order valence-electron chi connectivity index (χ2n) is 7.50. The standard InChI is InChI=1S/C18H21F2N7O.C2HF3O2/c1-25-11-13(16(24-25)17(19)20)22-18(28)14-5-3-12-4-6-15(23-27(12)14)26-9-2-7-21-8-10-26;3-2(4,5)1(6)7/h3-6,11,17,21H,2,7-10H2,1H3,(H,22,28);(H,6,7). The predicted octanol–water partition coefficient (Wildman–Crippen LogP) is 2.69. The molecule has 0 spiro atoms. The van der Waals surface area contributed by atoms with Gasteiger partial charge in [-0.2, -0.15) is 18.3 Å². The second kappa shape index (κ2) is 10.7. The Bertz CT molecular complexity index is 1180. The van der Waals surface area contributed by atoms with Gasteiger partial charge in [-0.3, -0.25) is 9.48 Å². The Morgan fingerprint density at radius 1 is 1.11 bits per heavy atom. The van der Waals surface area contributed by atoms with Crippen LogP contribution in [0, 0.1) is 0 Å². The number of nitrogens with one attached hydrogen (secondary N) is 2. The van der Waals surface area contributed by atoms with E-state index in [9.17, 15) is 26.7 Å². The molecule has 0 saturated carbocycles. The van der Waals surface area contributed by atoms with Crippen molar-refractivity contribution in [3.05, 3.63) is 41.9 Å². The van der Waals surface area contributed by atoms with E-state index >= 15 is 0 Å². The molecule has 35 heavy (non-hydrogen) atoms. The Hall–Kier alpha value is -3.75. The van der Waals surface area contributed by atoms with Gasteiger partial charge in [0.25, 0.3) is 12.3 Å². The minimum atomic E-state index is -5.08. The fourth-order valence-corrected chi connectivity index (χ4v) is 3.34. The molecule has 3 N–H and O–H groups in total. The first-order valence-electron chi connectivity index (χ1n) is 10.3. The first-order valence-corrected chi connectivity index (χ1v) is 10.3. The van der Waals surface area contributed by atoms with Crippen molar-refractivity contribution >= 4 is 28.9 Å². The third-order valence-electron chi connectivity index (χ3n) is 4.94. The number of carbonyl (C=O) groups excluding carboxylic acids is 1. The van der Waals surface area contributed by atoms with Crippen molar-refractivity contribution in [2.75, 3.05) is 36.4 Å². The lowest BCUT2D eigenvalue weighted by Gasteiger charge is -2.21. The Labute approximate surface area is 195 Å². The second-order valence-corrected chi connectivity index (χ2v) is 7.50. The fraction of sp³-hybridized carbons (Fsp3) is 0.400. The van der Waals surface area contributed by atoms with Crippen LogP contribution in [0.3, 0.4) is 0 Å². The number of anilines is 2. The number of amides is 1. The fourth-order valence-electron chi connectivity index (χ4n) is 3.34. The highest BCUT2D eigenvalue weighted by Crippen LogP contribution is 2.26. The summed E-state index contributed by atoms with van der Waals surface area (Å²) in [6.07, 6.45) is -5.49. The normalized spacial score (nSPS) is 14.4. The minimum Gasteiger partial charge on any atom is -0.475 e. The number of nitrogens with zero attached hydrogens (tertiary/aromatic N) is 5. The molecule has 1 fully saturated rings. The van der Waals surface area contributed by atoms with Gasteiger partial charge in [0.05, 0.1) is 11.2 Å². The number of carboxylic acid groups (broad SMARTS) is 1. The molecule has 3 aromatic rings. The van der Waals surface area contributed by atoms with Crippen LogP contribution in [0.15, 0.2) is 30.5 Å². The summed E-state index contributed by atoms with van der Waals surface area (Å²) >= 11 is 0. The van der Waals surface area contributed by atoms with Gasteiger partial charge in [-0.1, -0.05) is 0 Å². The average molecular weight is 503 g/mol. The number of aliphatic carboxylic acids is 1. The maximum atomic E-state index is 13.1. The molecule has 0 aromatic carbocycles. The van der Waals surface area contributed by atoms with Crippen LogP contribution in [0.1, 0.15) is 29.0 Å². The number of carboxylic acids is 1. The number of aryl methyl sites for hydroxylation is 1. The Morgan fingerprint density at radius 2 is 1.80 bits per heavy atom. The monoisotopic (exact) mass is 503 g/mol. The van der Waals surface area contributed by atoms with Gasteiger partial charge in [0.15, 0.2) is 5.69 Å². The summed E-state index contributed by atoms with van der Waals surface area (Å²) in [6, 6.07) is 7.22. The molecular weight excluding hydrogens is 481 g/mol. The largest absolute Gasteiger partial charge is 0.490 e. The van der Waals surface area contributed by atoms with Gasteiger partial charge in [0, 0.05) is 32.9 Å². The Morgan fingerprint density at radius 3 is 2.46 bits per heavy atom. The van der Waals surface area contributed by atoms with E-state index in [1.54, 1.807) is 16.6 Å². The third kappa shape index (κ3) is 6.44. The molecule has 15 heteroatoms. The molecule has 0 bridgehead atoms. The summed E-state index contributed by atoms with van der Waals surface area (Å²) in [6.45, 7) is 3.54. The molecule has 1 aliphatic heterocycles. The van der Waals surface area contributed by atoms with E-state index in [4.69, 9.17) is 9.90 Å². The molecule has 1 saturated heterocycles. The van der Waals surface area contributed by atoms with Crippen LogP contribution in [-0.4, -0.2) is 68.7 Å². The van der Waals surface area contributed by atoms with E-state index in [0.717, 1.165) is 43.9 Å². The number of rotatable bonds is 4. The topological polar surface area (TPSA) is 117 Å². The Kier molecular flexibility index (Phi) is 7.89. The first-order chi connectivity index (χ1) is 16.5.